The van der Waals surface area contributed by atoms with Gasteiger partial charge in [0, 0.05) is 50.2 Å². The summed E-state index contributed by atoms with van der Waals surface area (Å²) in [6.45, 7) is 4.00. The number of phenols is 1. The first-order valence-corrected chi connectivity index (χ1v) is 16.3. The van der Waals surface area contributed by atoms with E-state index in [0.29, 0.717) is 48.3 Å². The van der Waals surface area contributed by atoms with E-state index in [9.17, 15) is 14.7 Å². The van der Waals surface area contributed by atoms with Gasteiger partial charge in [-0.25, -0.2) is 4.98 Å². The number of amides is 1. The largest absolute Gasteiger partial charge is 0.508 e. The summed E-state index contributed by atoms with van der Waals surface area (Å²) in [6.07, 6.45) is 9.65. The number of phenolic OH excluding ortho intramolecular Hbond substituents is 1. The first kappa shape index (κ1) is 32.7. The highest BCUT2D eigenvalue weighted by Gasteiger charge is 2.24. The molecule has 0 atom stereocenters. The molecule has 2 N–H and O–H groups in total. The van der Waals surface area contributed by atoms with E-state index in [1.54, 1.807) is 36.8 Å². The Balaban J connectivity index is 0.971. The molecule has 6 rings (SSSR count). The van der Waals surface area contributed by atoms with E-state index in [1.807, 2.05) is 47.2 Å². The molecule has 1 saturated heterocycles. The van der Waals surface area contributed by atoms with Crippen LogP contribution in [0.3, 0.4) is 0 Å². The van der Waals surface area contributed by atoms with E-state index >= 15 is 0 Å². The van der Waals surface area contributed by atoms with Gasteiger partial charge in [0.1, 0.15) is 24.2 Å². The Morgan fingerprint density at radius 3 is 2.33 bits per heavy atom. The lowest BCUT2D eigenvalue weighted by molar-refractivity contribution is -0.116. The smallest absolute Gasteiger partial charge is 0.244 e. The molecule has 0 radical (unpaired) electrons. The number of aromatic hydroxyl groups is 1. The van der Waals surface area contributed by atoms with Gasteiger partial charge in [-0.05, 0) is 65.1 Å². The molecule has 0 bridgehead atoms. The fourth-order valence-corrected chi connectivity index (χ4v) is 6.01. The third kappa shape index (κ3) is 8.76. The Hall–Kier alpha value is -5.25. The van der Waals surface area contributed by atoms with Crippen LogP contribution in [0.25, 0.3) is 10.8 Å². The van der Waals surface area contributed by atoms with E-state index in [2.05, 4.69) is 39.5 Å². The number of aromatic nitrogens is 2. The number of hydrogen-bond donors (Lipinski definition) is 2. The lowest BCUT2D eigenvalue weighted by Gasteiger charge is -2.34. The van der Waals surface area contributed by atoms with Gasteiger partial charge < -0.3 is 29.4 Å². The lowest BCUT2D eigenvalue weighted by Crippen LogP contribution is -2.41. The monoisotopic (exact) mass is 644 g/mol. The van der Waals surface area contributed by atoms with Gasteiger partial charge in [0.05, 0.1) is 19.0 Å². The number of imidazole rings is 1. The fourth-order valence-electron chi connectivity index (χ4n) is 6.01. The zero-order chi connectivity index (χ0) is 33.1. The van der Waals surface area contributed by atoms with Crippen LogP contribution in [0.15, 0.2) is 122 Å². The summed E-state index contributed by atoms with van der Waals surface area (Å²) in [5.41, 5.74) is 2.59. The molecule has 0 unspecified atom stereocenters. The number of ketones is 1. The normalized spacial score (nSPS) is 14.1. The Morgan fingerprint density at radius 1 is 0.917 bits per heavy atom. The Labute approximate surface area is 280 Å². The van der Waals surface area contributed by atoms with Crippen molar-refractivity contribution in [2.24, 2.45) is 0 Å². The number of benzene rings is 4. The van der Waals surface area contributed by atoms with Gasteiger partial charge in [-0.3, -0.25) is 9.59 Å². The molecule has 1 amide bonds. The first-order chi connectivity index (χ1) is 23.5. The molecule has 9 nitrogen and oxygen atoms in total. The average Bonchev–Trinajstić information content (AvgIpc) is 3.64. The van der Waals surface area contributed by atoms with Crippen molar-refractivity contribution in [3.05, 3.63) is 139 Å². The number of nitrogens with one attached hydrogen (secondary N) is 1. The highest BCUT2D eigenvalue weighted by molar-refractivity contribution is 6.15. The van der Waals surface area contributed by atoms with E-state index in [0.717, 1.165) is 37.1 Å². The van der Waals surface area contributed by atoms with Crippen LogP contribution in [0.5, 0.6) is 11.5 Å². The predicted octanol–water partition coefficient (Wildman–Crippen LogP) is 5.95. The average molecular weight is 645 g/mol. The van der Waals surface area contributed by atoms with Gasteiger partial charge in [0.25, 0.3) is 0 Å². The minimum atomic E-state index is -0.381. The number of carbonyl (C=O) groups is 2. The van der Waals surface area contributed by atoms with Crippen LogP contribution in [-0.2, 0) is 16.1 Å². The fraction of sp³-hybridized carbons (Fsp3) is 0.256. The second-order valence-electron chi connectivity index (χ2n) is 11.9. The number of ether oxygens (including phenoxy) is 2. The number of likely N-dealkylation sites (tertiary alicyclic amines) is 1. The molecule has 246 valence electrons. The van der Waals surface area contributed by atoms with Crippen molar-refractivity contribution in [2.45, 2.75) is 31.6 Å². The molecule has 1 aromatic heterocycles. The van der Waals surface area contributed by atoms with Gasteiger partial charge in [-0.15, -0.1) is 0 Å². The predicted molar refractivity (Wildman–Crippen MR) is 185 cm³/mol. The number of hydrogen-bond acceptors (Lipinski definition) is 7. The van der Waals surface area contributed by atoms with Crippen molar-refractivity contribution >= 4 is 22.5 Å². The second kappa shape index (κ2) is 16.0. The number of allylic oxidation sites excluding steroid dienone is 1. The van der Waals surface area contributed by atoms with Gasteiger partial charge >= 0.3 is 0 Å². The molecule has 48 heavy (non-hydrogen) atoms. The Kier molecular flexibility index (Phi) is 10.9. The number of nitrogens with zero attached hydrogens (tertiary/aromatic N) is 3. The highest BCUT2D eigenvalue weighted by Crippen LogP contribution is 2.31. The van der Waals surface area contributed by atoms with Gasteiger partial charge in [-0.1, -0.05) is 66.7 Å². The van der Waals surface area contributed by atoms with Gasteiger partial charge in [-0.2, -0.15) is 0 Å². The third-order valence-electron chi connectivity index (χ3n) is 8.53. The molecule has 0 saturated carbocycles. The number of carbonyl (C=O) groups excluding carboxylic acids is 2. The zero-order valence-corrected chi connectivity index (χ0v) is 26.8. The van der Waals surface area contributed by atoms with Crippen molar-refractivity contribution in [1.29, 1.82) is 0 Å². The summed E-state index contributed by atoms with van der Waals surface area (Å²) in [5, 5.41) is 14.5. The van der Waals surface area contributed by atoms with Gasteiger partial charge in [0.15, 0.2) is 5.78 Å². The van der Waals surface area contributed by atoms with Crippen LogP contribution < -0.4 is 10.1 Å². The van der Waals surface area contributed by atoms with Crippen molar-refractivity contribution in [3.8, 4) is 11.5 Å². The third-order valence-corrected chi connectivity index (χ3v) is 8.53. The van der Waals surface area contributed by atoms with Crippen molar-refractivity contribution in [1.82, 2.24) is 19.8 Å². The molecule has 2 heterocycles. The quantitative estimate of drug-likeness (QED) is 0.114. The molecule has 5 aromatic rings. The van der Waals surface area contributed by atoms with E-state index in [-0.39, 0.29) is 29.6 Å². The molecule has 1 aliphatic heterocycles. The molecule has 1 fully saturated rings. The minimum absolute atomic E-state index is 0.0256. The Bertz CT molecular complexity index is 1780. The molecule has 4 aromatic carbocycles. The van der Waals surface area contributed by atoms with Crippen LogP contribution >= 0.6 is 0 Å². The standard InChI is InChI=1S/C39H40N4O5/c44-32-25-31-11-12-34(47-24-23-43-21-17-40-28-43)27-35(31)36(26-32)37(45)13-14-38(46)41-18-22-42-19-15-33(16-20-42)48-39(29-7-3-1-4-8-29)30-9-5-2-6-10-30/h1-14,17,21,25-28,33,39,44H,15-16,18-20,22-24H2,(H,41,46)/b14-13+. The zero-order valence-electron chi connectivity index (χ0n) is 26.8. The maximum atomic E-state index is 13.2. The summed E-state index contributed by atoms with van der Waals surface area (Å²) in [5.74, 6) is -0.148. The molecule has 9 heteroatoms. The molecular formula is C39H40N4O5. The van der Waals surface area contributed by atoms with Crippen LogP contribution in [-0.4, -0.2) is 70.1 Å². The topological polar surface area (TPSA) is 106 Å². The summed E-state index contributed by atoms with van der Waals surface area (Å²) >= 11 is 0. The summed E-state index contributed by atoms with van der Waals surface area (Å²) in [4.78, 5) is 32.1. The summed E-state index contributed by atoms with van der Waals surface area (Å²) in [6, 6.07) is 29.1. The number of fused-ring (bicyclic) bond motifs is 1. The second-order valence-corrected chi connectivity index (χ2v) is 11.9. The minimum Gasteiger partial charge on any atom is -0.508 e. The summed E-state index contributed by atoms with van der Waals surface area (Å²) < 4.78 is 14.5. The van der Waals surface area contributed by atoms with Gasteiger partial charge in [0.2, 0.25) is 5.91 Å². The van der Waals surface area contributed by atoms with Crippen molar-refractivity contribution in [2.75, 3.05) is 32.8 Å². The maximum Gasteiger partial charge on any atom is 0.244 e. The van der Waals surface area contributed by atoms with E-state index in [4.69, 9.17) is 9.47 Å². The Morgan fingerprint density at radius 2 is 1.65 bits per heavy atom. The van der Waals surface area contributed by atoms with Crippen LogP contribution in [0.2, 0.25) is 0 Å². The molecule has 0 spiro atoms. The number of rotatable bonds is 14. The van der Waals surface area contributed by atoms with E-state index in [1.165, 1.54) is 18.2 Å². The highest BCUT2D eigenvalue weighted by atomic mass is 16.5. The van der Waals surface area contributed by atoms with Crippen molar-refractivity contribution in [3.63, 3.8) is 0 Å². The SMILES string of the molecule is O=C(/C=C/C(=O)c1cc(O)cc2ccc(OCCn3ccnc3)cc12)NCCN1CCC(OC(c2ccccc2)c2ccccc2)CC1. The summed E-state index contributed by atoms with van der Waals surface area (Å²) in [7, 11) is 0. The van der Waals surface area contributed by atoms with E-state index < -0.39 is 0 Å². The molecule has 1 aliphatic rings. The van der Waals surface area contributed by atoms with Crippen LogP contribution in [0.4, 0.5) is 0 Å². The molecular weight excluding hydrogens is 604 g/mol. The molecule has 0 aliphatic carbocycles. The van der Waals surface area contributed by atoms with Crippen LogP contribution in [0.1, 0.15) is 40.4 Å². The van der Waals surface area contributed by atoms with Crippen molar-refractivity contribution < 1.29 is 24.2 Å². The first-order valence-electron chi connectivity index (χ1n) is 16.3. The van der Waals surface area contributed by atoms with Crippen LogP contribution in [0, 0.1) is 0 Å². The maximum absolute atomic E-state index is 13.2. The lowest BCUT2D eigenvalue weighted by atomic mass is 10.00. The number of piperidine rings is 1.